The Morgan fingerprint density at radius 1 is 1.00 bits per heavy atom. The van der Waals surface area contributed by atoms with E-state index in [0.717, 1.165) is 50.9 Å². The molecule has 0 aromatic carbocycles. The zero-order chi connectivity index (χ0) is 31.9. The Kier molecular flexibility index (Phi) is 14.9. The van der Waals surface area contributed by atoms with Crippen LogP contribution in [0.1, 0.15) is 78.1 Å². The number of hydrogen-bond acceptors (Lipinski definition) is 11. The molecule has 2 aromatic rings. The number of H-pyrrole nitrogens is 1. The van der Waals surface area contributed by atoms with E-state index in [0.29, 0.717) is 17.6 Å². The van der Waals surface area contributed by atoms with E-state index in [9.17, 15) is 30.0 Å². The molecule has 2 aromatic heterocycles. The first-order chi connectivity index (χ1) is 21.2. The van der Waals surface area contributed by atoms with Crippen LogP contribution in [-0.2, 0) is 14.3 Å². The van der Waals surface area contributed by atoms with Gasteiger partial charge in [-0.1, -0.05) is 51.7 Å². The smallest absolute Gasteiger partial charge is 0.239 e. The first kappa shape index (κ1) is 35.3. The molecule has 1 aliphatic rings. The molecule has 1 aliphatic heterocycles. The van der Waals surface area contributed by atoms with Crippen LogP contribution in [-0.4, -0.2) is 102 Å². The van der Waals surface area contributed by atoms with Gasteiger partial charge in [0, 0.05) is 6.42 Å². The Balaban J connectivity index is 1.37. The molecule has 3 rings (SSSR count). The van der Waals surface area contributed by atoms with Gasteiger partial charge in [-0.2, -0.15) is 0 Å². The Hall–Kier alpha value is -3.17. The van der Waals surface area contributed by atoms with Crippen molar-refractivity contribution in [1.29, 1.82) is 0 Å². The quantitative estimate of drug-likeness (QED) is 0.0828. The summed E-state index contributed by atoms with van der Waals surface area (Å²) in [6.45, 7) is 3.41. The Morgan fingerprint density at radius 2 is 1.73 bits per heavy atom. The van der Waals surface area contributed by atoms with Crippen LogP contribution in [0.3, 0.4) is 0 Å². The number of ether oxygens (including phenoxy) is 1. The van der Waals surface area contributed by atoms with Crippen molar-refractivity contribution in [3.05, 3.63) is 24.8 Å². The molecule has 0 bridgehead atoms. The Labute approximate surface area is 258 Å². The summed E-state index contributed by atoms with van der Waals surface area (Å²) in [6.07, 6.45) is 9.97. The predicted octanol–water partition coefficient (Wildman–Crippen LogP) is 1.28. The van der Waals surface area contributed by atoms with Crippen molar-refractivity contribution in [1.82, 2.24) is 30.6 Å². The molecule has 14 nitrogen and oxygen atoms in total. The van der Waals surface area contributed by atoms with Crippen molar-refractivity contribution in [2.45, 2.75) is 115 Å². The number of aliphatic hydroxyl groups excluding tert-OH is 4. The molecule has 14 heteroatoms. The number of nitrogens with zero attached hydrogens (tertiary/aromatic N) is 3. The molecule has 2 amide bonds. The van der Waals surface area contributed by atoms with E-state index in [1.165, 1.54) is 25.5 Å². The maximum atomic E-state index is 12.6. The second-order valence-corrected chi connectivity index (χ2v) is 11.7. The third-order valence-corrected chi connectivity index (χ3v) is 7.62. The van der Waals surface area contributed by atoms with Crippen molar-refractivity contribution >= 4 is 28.8 Å². The van der Waals surface area contributed by atoms with Gasteiger partial charge in [-0.15, -0.1) is 0 Å². The largest absolute Gasteiger partial charge is 0.394 e. The van der Waals surface area contributed by atoms with Crippen LogP contribution in [0, 0.1) is 5.92 Å². The summed E-state index contributed by atoms with van der Waals surface area (Å²) in [7, 11) is 0. The van der Waals surface area contributed by atoms with Crippen LogP contribution in [0.2, 0.25) is 0 Å². The summed E-state index contributed by atoms with van der Waals surface area (Å²) < 4.78 is 5.79. The molecule has 0 radical (unpaired) electrons. The van der Waals surface area contributed by atoms with Crippen molar-refractivity contribution in [3.63, 3.8) is 0 Å². The van der Waals surface area contributed by atoms with Crippen LogP contribution in [0.4, 0.5) is 5.82 Å². The SMILES string of the molecule is CC(C)CCC/C=C\CCCCCCCC(=O)NCC(=O)N[C@@H]1[C@@H](O)[C@@H](O)[C@@H](Nc2ncnc3nc[nH]c23)O[C@H]1[C@@H](O)CO. The molecule has 0 unspecified atom stereocenters. The van der Waals surface area contributed by atoms with Crippen molar-refractivity contribution < 1.29 is 34.8 Å². The summed E-state index contributed by atoms with van der Waals surface area (Å²) in [5.74, 6) is 0.0716. The number of carbonyl (C=O) groups is 2. The number of imidazole rings is 1. The predicted molar refractivity (Wildman–Crippen MR) is 164 cm³/mol. The van der Waals surface area contributed by atoms with E-state index in [4.69, 9.17) is 4.74 Å². The van der Waals surface area contributed by atoms with Gasteiger partial charge in [0.15, 0.2) is 17.7 Å². The number of allylic oxidation sites excluding steroid dienone is 2. The zero-order valence-electron chi connectivity index (χ0n) is 25.7. The molecular formula is C30H49N7O7. The minimum Gasteiger partial charge on any atom is -0.394 e. The summed E-state index contributed by atoms with van der Waals surface area (Å²) in [5, 5.41) is 49.5. The molecule has 3 heterocycles. The maximum absolute atomic E-state index is 12.6. The van der Waals surface area contributed by atoms with Crippen LogP contribution in [0.25, 0.3) is 11.2 Å². The zero-order valence-corrected chi connectivity index (χ0v) is 25.7. The van der Waals surface area contributed by atoms with Gasteiger partial charge < -0.3 is 46.1 Å². The highest BCUT2D eigenvalue weighted by molar-refractivity contribution is 5.85. The Bertz CT molecular complexity index is 1180. The number of anilines is 1. The fraction of sp³-hybridized carbons (Fsp3) is 0.700. The van der Waals surface area contributed by atoms with Gasteiger partial charge in [-0.25, -0.2) is 15.0 Å². The molecule has 1 fully saturated rings. The molecule has 0 saturated carbocycles. The number of fused-ring (bicyclic) bond motifs is 1. The van der Waals surface area contributed by atoms with Gasteiger partial charge in [-0.05, 0) is 38.0 Å². The minimum absolute atomic E-state index is 0.228. The summed E-state index contributed by atoms with van der Waals surface area (Å²) >= 11 is 0. The lowest BCUT2D eigenvalue weighted by Crippen LogP contribution is -2.68. The van der Waals surface area contributed by atoms with Crippen LogP contribution in [0.5, 0.6) is 0 Å². The lowest BCUT2D eigenvalue weighted by molar-refractivity contribution is -0.204. The van der Waals surface area contributed by atoms with Gasteiger partial charge in [-0.3, -0.25) is 9.59 Å². The lowest BCUT2D eigenvalue weighted by Gasteiger charge is -2.44. The summed E-state index contributed by atoms with van der Waals surface area (Å²) in [6, 6.07) is -1.28. The standard InChI is InChI=1S/C30H49N7O7/c1-19(2)13-11-9-7-5-3-4-6-8-10-12-14-21(40)31-15-22(41)36-23-25(42)26(43)30(44-27(23)20(39)16-38)37-29-24-28(33-17-32-24)34-18-35-29/h5,7,17-20,23,25-27,30,38-39,42-43H,3-4,6,8-16H2,1-2H3,(H,31,40)(H,36,41)(H2,32,33,34,35,37)/b7-5-/t20-,23+,25+,26+,27-,30-/m0/s1. The number of aromatic amines is 1. The molecule has 0 spiro atoms. The molecule has 1 saturated heterocycles. The number of unbranched alkanes of at least 4 members (excludes halogenated alkanes) is 6. The third-order valence-electron chi connectivity index (χ3n) is 7.62. The normalized spacial score (nSPS) is 22.8. The number of hydrogen-bond donors (Lipinski definition) is 8. The summed E-state index contributed by atoms with van der Waals surface area (Å²) in [5.41, 5.74) is 0.789. The van der Waals surface area contributed by atoms with Crippen LogP contribution in [0.15, 0.2) is 24.8 Å². The van der Waals surface area contributed by atoms with Crippen LogP contribution < -0.4 is 16.0 Å². The highest BCUT2D eigenvalue weighted by Gasteiger charge is 2.48. The number of aromatic nitrogens is 4. The first-order valence-corrected chi connectivity index (χ1v) is 15.6. The second-order valence-electron chi connectivity index (χ2n) is 11.7. The van der Waals surface area contributed by atoms with Gasteiger partial charge in [0.05, 0.1) is 25.5 Å². The lowest BCUT2D eigenvalue weighted by atomic mass is 9.92. The Morgan fingerprint density at radius 3 is 2.48 bits per heavy atom. The number of amides is 2. The average molecular weight is 620 g/mol. The van der Waals surface area contributed by atoms with Crippen molar-refractivity contribution in [2.24, 2.45) is 5.92 Å². The van der Waals surface area contributed by atoms with Crippen LogP contribution >= 0.6 is 0 Å². The monoisotopic (exact) mass is 619 g/mol. The van der Waals surface area contributed by atoms with Gasteiger partial charge in [0.1, 0.15) is 36.3 Å². The number of nitrogens with one attached hydrogen (secondary N) is 4. The number of rotatable bonds is 19. The van der Waals surface area contributed by atoms with E-state index < -0.39 is 49.2 Å². The molecule has 6 atom stereocenters. The molecule has 246 valence electrons. The highest BCUT2D eigenvalue weighted by Crippen LogP contribution is 2.26. The maximum Gasteiger partial charge on any atom is 0.239 e. The van der Waals surface area contributed by atoms with Gasteiger partial charge in [0.25, 0.3) is 0 Å². The second kappa shape index (κ2) is 18.6. The van der Waals surface area contributed by atoms with E-state index in [-0.39, 0.29) is 18.3 Å². The third kappa shape index (κ3) is 11.1. The number of aliphatic hydroxyl groups is 4. The van der Waals surface area contributed by atoms with Gasteiger partial charge in [0.2, 0.25) is 11.8 Å². The van der Waals surface area contributed by atoms with Gasteiger partial charge >= 0.3 is 0 Å². The minimum atomic E-state index is -1.59. The molecular weight excluding hydrogens is 570 g/mol. The molecule has 8 N–H and O–H groups in total. The molecule has 44 heavy (non-hydrogen) atoms. The van der Waals surface area contributed by atoms with E-state index in [1.807, 2.05) is 0 Å². The highest BCUT2D eigenvalue weighted by atomic mass is 16.5. The van der Waals surface area contributed by atoms with Crippen molar-refractivity contribution in [3.8, 4) is 0 Å². The fourth-order valence-corrected chi connectivity index (χ4v) is 5.11. The first-order valence-electron chi connectivity index (χ1n) is 15.6. The number of carbonyl (C=O) groups excluding carboxylic acids is 2. The van der Waals surface area contributed by atoms with E-state index in [1.54, 1.807) is 0 Å². The average Bonchev–Trinajstić information content (AvgIpc) is 3.50. The van der Waals surface area contributed by atoms with Crippen molar-refractivity contribution in [2.75, 3.05) is 18.5 Å². The molecule has 0 aliphatic carbocycles. The van der Waals surface area contributed by atoms with E-state index >= 15 is 0 Å². The van der Waals surface area contributed by atoms with E-state index in [2.05, 4.69) is 61.9 Å². The topological polar surface area (TPSA) is 215 Å². The fourth-order valence-electron chi connectivity index (χ4n) is 5.11. The summed E-state index contributed by atoms with van der Waals surface area (Å²) in [4.78, 5) is 39.9.